The highest BCUT2D eigenvalue weighted by molar-refractivity contribution is 7.99. The zero-order valence-electron chi connectivity index (χ0n) is 15.5. The molecule has 0 radical (unpaired) electrons. The topological polar surface area (TPSA) is 89.8 Å². The SMILES string of the molecule is O=S(=O)(N[C@H]1CCCC[C@H]1Sc1nnnn1-c1ccccc1)c1ccc(Cl)cc1. The van der Waals surface area contributed by atoms with Gasteiger partial charge in [0.2, 0.25) is 15.2 Å². The Bertz CT molecular complexity index is 1060. The van der Waals surface area contributed by atoms with Crippen molar-refractivity contribution in [2.75, 3.05) is 0 Å². The number of hydrogen-bond acceptors (Lipinski definition) is 6. The third-order valence-corrected chi connectivity index (χ3v) is 7.92. The van der Waals surface area contributed by atoms with Gasteiger partial charge in [0, 0.05) is 16.3 Å². The van der Waals surface area contributed by atoms with Crippen LogP contribution >= 0.6 is 23.4 Å². The van der Waals surface area contributed by atoms with Crippen LogP contribution in [-0.2, 0) is 10.0 Å². The highest BCUT2D eigenvalue weighted by Gasteiger charge is 2.31. The van der Waals surface area contributed by atoms with Crippen molar-refractivity contribution in [1.29, 1.82) is 0 Å². The van der Waals surface area contributed by atoms with Crippen molar-refractivity contribution in [3.8, 4) is 5.69 Å². The van der Waals surface area contributed by atoms with Gasteiger partial charge in [-0.3, -0.25) is 0 Å². The van der Waals surface area contributed by atoms with Crippen LogP contribution in [0.5, 0.6) is 0 Å². The Kier molecular flexibility index (Phi) is 6.19. The third-order valence-electron chi connectivity index (χ3n) is 4.83. The first-order chi connectivity index (χ1) is 14.0. The molecule has 0 aliphatic heterocycles. The zero-order chi connectivity index (χ0) is 20.3. The average molecular weight is 450 g/mol. The monoisotopic (exact) mass is 449 g/mol. The summed E-state index contributed by atoms with van der Waals surface area (Å²) in [7, 11) is -3.63. The molecular formula is C19H20ClN5O2S2. The molecule has 1 saturated carbocycles. The standard InChI is InChI=1S/C19H20ClN5O2S2/c20-14-10-12-16(13-11-14)29(26,27)22-17-8-4-5-9-18(17)28-19-21-23-24-25(19)15-6-2-1-3-7-15/h1-3,6-7,10-13,17-18,22H,4-5,8-9H2/t17-,18+/m0/s1. The van der Waals surface area contributed by atoms with Crippen molar-refractivity contribution >= 4 is 33.4 Å². The molecule has 29 heavy (non-hydrogen) atoms. The summed E-state index contributed by atoms with van der Waals surface area (Å²) in [4.78, 5) is 0.213. The molecule has 4 rings (SSSR count). The van der Waals surface area contributed by atoms with Crippen LogP contribution in [0.2, 0.25) is 5.02 Å². The Hall–Kier alpha value is -1.94. The summed E-state index contributed by atoms with van der Waals surface area (Å²) < 4.78 is 30.2. The van der Waals surface area contributed by atoms with Gasteiger partial charge < -0.3 is 0 Å². The van der Waals surface area contributed by atoms with E-state index >= 15 is 0 Å². The summed E-state index contributed by atoms with van der Waals surface area (Å²) in [6.07, 6.45) is 3.69. The van der Waals surface area contributed by atoms with E-state index < -0.39 is 10.0 Å². The number of aromatic nitrogens is 4. The molecule has 0 spiro atoms. The Balaban J connectivity index is 1.53. The minimum Gasteiger partial charge on any atom is -0.207 e. The molecule has 1 N–H and O–H groups in total. The highest BCUT2D eigenvalue weighted by Crippen LogP contribution is 2.34. The summed E-state index contributed by atoms with van der Waals surface area (Å²) in [5.74, 6) is 0. The van der Waals surface area contributed by atoms with Crippen LogP contribution in [0.3, 0.4) is 0 Å². The molecule has 0 unspecified atom stereocenters. The second kappa shape index (κ2) is 8.83. The number of hydrogen-bond donors (Lipinski definition) is 1. The number of para-hydroxylation sites is 1. The summed E-state index contributed by atoms with van der Waals surface area (Å²) in [5.41, 5.74) is 0.870. The fourth-order valence-corrected chi connectivity index (χ4v) is 6.15. The second-order valence-corrected chi connectivity index (χ2v) is 10.2. The summed E-state index contributed by atoms with van der Waals surface area (Å²) in [5, 5.41) is 13.3. The number of halogens is 1. The molecule has 10 heteroatoms. The number of benzene rings is 2. The lowest BCUT2D eigenvalue weighted by Crippen LogP contribution is -2.43. The lowest BCUT2D eigenvalue weighted by atomic mass is 9.96. The molecular weight excluding hydrogens is 430 g/mol. The molecule has 1 aliphatic rings. The van der Waals surface area contributed by atoms with Crippen molar-refractivity contribution in [3.05, 3.63) is 59.6 Å². The van der Waals surface area contributed by atoms with E-state index in [0.717, 1.165) is 31.4 Å². The number of nitrogens with zero attached hydrogens (tertiary/aromatic N) is 4. The van der Waals surface area contributed by atoms with Gasteiger partial charge in [0.05, 0.1) is 10.6 Å². The van der Waals surface area contributed by atoms with Gasteiger partial charge in [-0.2, -0.15) is 4.68 Å². The summed E-state index contributed by atoms with van der Waals surface area (Å²) >= 11 is 7.40. The number of tetrazole rings is 1. The van der Waals surface area contributed by atoms with Crippen molar-refractivity contribution in [2.45, 2.75) is 47.0 Å². The van der Waals surface area contributed by atoms with E-state index in [1.165, 1.54) is 23.9 Å². The number of sulfonamides is 1. The van der Waals surface area contributed by atoms with Crippen LogP contribution in [-0.4, -0.2) is 39.9 Å². The Morgan fingerprint density at radius 2 is 1.76 bits per heavy atom. The molecule has 152 valence electrons. The average Bonchev–Trinajstić information content (AvgIpc) is 3.18. The van der Waals surface area contributed by atoms with Crippen molar-refractivity contribution in [2.24, 2.45) is 0 Å². The Morgan fingerprint density at radius 3 is 2.52 bits per heavy atom. The molecule has 1 aliphatic carbocycles. The van der Waals surface area contributed by atoms with E-state index in [9.17, 15) is 8.42 Å². The van der Waals surface area contributed by atoms with Gasteiger partial charge in [0.25, 0.3) is 0 Å². The van der Waals surface area contributed by atoms with Crippen LogP contribution in [0.25, 0.3) is 5.69 Å². The lowest BCUT2D eigenvalue weighted by molar-refractivity contribution is 0.422. The largest absolute Gasteiger partial charge is 0.240 e. The predicted molar refractivity (Wildman–Crippen MR) is 113 cm³/mol. The van der Waals surface area contributed by atoms with Gasteiger partial charge in [-0.25, -0.2) is 13.1 Å². The van der Waals surface area contributed by atoms with E-state index in [1.54, 1.807) is 16.8 Å². The first-order valence-electron chi connectivity index (χ1n) is 9.31. The van der Waals surface area contributed by atoms with E-state index in [4.69, 9.17) is 11.6 Å². The number of nitrogens with one attached hydrogen (secondary N) is 1. The van der Waals surface area contributed by atoms with Crippen LogP contribution in [0.1, 0.15) is 25.7 Å². The first kappa shape index (κ1) is 20.3. The predicted octanol–water partition coefficient (Wildman–Crippen LogP) is 3.70. The van der Waals surface area contributed by atoms with Crippen LogP contribution < -0.4 is 4.72 Å². The molecule has 2 atom stereocenters. The molecule has 0 bridgehead atoms. The molecule has 1 aromatic heterocycles. The normalized spacial score (nSPS) is 19.9. The maximum atomic E-state index is 12.8. The molecule has 0 amide bonds. The van der Waals surface area contributed by atoms with Gasteiger partial charge in [-0.1, -0.05) is 54.4 Å². The van der Waals surface area contributed by atoms with E-state index in [-0.39, 0.29) is 16.2 Å². The lowest BCUT2D eigenvalue weighted by Gasteiger charge is -2.31. The maximum Gasteiger partial charge on any atom is 0.240 e. The van der Waals surface area contributed by atoms with Gasteiger partial charge in [-0.05, 0) is 59.7 Å². The quantitative estimate of drug-likeness (QED) is 0.617. The van der Waals surface area contributed by atoms with E-state index in [0.29, 0.717) is 10.2 Å². The van der Waals surface area contributed by atoms with Crippen LogP contribution in [0, 0.1) is 0 Å². The molecule has 3 aromatic rings. The Morgan fingerprint density at radius 1 is 1.03 bits per heavy atom. The fraction of sp³-hybridized carbons (Fsp3) is 0.316. The van der Waals surface area contributed by atoms with Crippen molar-refractivity contribution in [3.63, 3.8) is 0 Å². The smallest absolute Gasteiger partial charge is 0.207 e. The van der Waals surface area contributed by atoms with Gasteiger partial charge in [-0.15, -0.1) is 5.10 Å². The fourth-order valence-electron chi connectivity index (χ4n) is 3.37. The number of rotatable bonds is 6. The van der Waals surface area contributed by atoms with Crippen LogP contribution in [0.15, 0.2) is 64.6 Å². The summed E-state index contributed by atoms with van der Waals surface area (Å²) in [6.45, 7) is 0. The maximum absolute atomic E-state index is 12.8. The minimum atomic E-state index is -3.63. The van der Waals surface area contributed by atoms with Crippen molar-refractivity contribution < 1.29 is 8.42 Å². The highest BCUT2D eigenvalue weighted by atomic mass is 35.5. The first-order valence-corrected chi connectivity index (χ1v) is 12.1. The number of thioether (sulfide) groups is 1. The van der Waals surface area contributed by atoms with Gasteiger partial charge in [0.15, 0.2) is 0 Å². The van der Waals surface area contributed by atoms with E-state index in [1.807, 2.05) is 30.3 Å². The van der Waals surface area contributed by atoms with Crippen molar-refractivity contribution in [1.82, 2.24) is 24.9 Å². The molecule has 1 heterocycles. The molecule has 1 fully saturated rings. The molecule has 0 saturated heterocycles. The van der Waals surface area contributed by atoms with Gasteiger partial charge >= 0.3 is 0 Å². The third kappa shape index (κ3) is 4.80. The molecule has 7 nitrogen and oxygen atoms in total. The van der Waals surface area contributed by atoms with E-state index in [2.05, 4.69) is 20.2 Å². The van der Waals surface area contributed by atoms with Gasteiger partial charge in [0.1, 0.15) is 0 Å². The Labute approximate surface area is 178 Å². The van der Waals surface area contributed by atoms with Crippen LogP contribution in [0.4, 0.5) is 0 Å². The zero-order valence-corrected chi connectivity index (χ0v) is 17.9. The minimum absolute atomic E-state index is 0.0410. The molecule has 2 aromatic carbocycles. The second-order valence-electron chi connectivity index (χ2n) is 6.83. The summed E-state index contributed by atoms with van der Waals surface area (Å²) in [6, 6.07) is 15.7.